The lowest BCUT2D eigenvalue weighted by Gasteiger charge is -2.37. The molecule has 0 saturated carbocycles. The Bertz CT molecular complexity index is 986. The molecular formula is C23H27N3O3. The second-order valence-electron chi connectivity index (χ2n) is 8.35. The molecule has 1 aromatic carbocycles. The Morgan fingerprint density at radius 1 is 1.21 bits per heavy atom. The summed E-state index contributed by atoms with van der Waals surface area (Å²) in [5.41, 5.74) is 2.27. The van der Waals surface area contributed by atoms with E-state index < -0.39 is 5.41 Å². The molecule has 1 aromatic heterocycles. The Morgan fingerprint density at radius 3 is 2.48 bits per heavy atom. The van der Waals surface area contributed by atoms with Crippen LogP contribution in [0, 0.1) is 16.7 Å². The van der Waals surface area contributed by atoms with Gasteiger partial charge in [0.1, 0.15) is 6.10 Å². The third-order valence-corrected chi connectivity index (χ3v) is 5.53. The Kier molecular flexibility index (Phi) is 5.78. The first-order valence-corrected chi connectivity index (χ1v) is 9.86. The van der Waals surface area contributed by atoms with E-state index in [9.17, 15) is 14.9 Å². The zero-order valence-corrected chi connectivity index (χ0v) is 17.4. The van der Waals surface area contributed by atoms with Gasteiger partial charge in [0.05, 0.1) is 17.5 Å². The van der Waals surface area contributed by atoms with E-state index in [2.05, 4.69) is 6.07 Å². The molecule has 1 fully saturated rings. The molecule has 0 aliphatic carbocycles. The molecule has 1 amide bonds. The van der Waals surface area contributed by atoms with Gasteiger partial charge in [-0.3, -0.25) is 4.79 Å². The van der Waals surface area contributed by atoms with Gasteiger partial charge in [0, 0.05) is 38.7 Å². The average Bonchev–Trinajstić information content (AvgIpc) is 2.69. The highest BCUT2D eigenvalue weighted by molar-refractivity contribution is 5.69. The molecule has 2 heterocycles. The van der Waals surface area contributed by atoms with E-state index >= 15 is 0 Å². The molecule has 0 spiro atoms. The number of pyridine rings is 1. The molecular weight excluding hydrogens is 366 g/mol. The van der Waals surface area contributed by atoms with Gasteiger partial charge in [-0.1, -0.05) is 24.3 Å². The number of aryl methyl sites for hydroxylation is 1. The van der Waals surface area contributed by atoms with Crippen molar-refractivity contribution in [2.45, 2.75) is 45.8 Å². The fourth-order valence-corrected chi connectivity index (χ4v) is 3.62. The smallest absolute Gasteiger partial charge is 0.410 e. The topological polar surface area (TPSA) is 75.3 Å². The number of nitrogens with zero attached hydrogens (tertiary/aromatic N) is 3. The molecule has 2 unspecified atom stereocenters. The molecule has 6 nitrogen and oxygen atoms in total. The van der Waals surface area contributed by atoms with E-state index in [-0.39, 0.29) is 23.8 Å². The highest BCUT2D eigenvalue weighted by atomic mass is 16.6. The quantitative estimate of drug-likeness (QED) is 0.760. The minimum absolute atomic E-state index is 0.0508. The van der Waals surface area contributed by atoms with Crippen LogP contribution in [0.2, 0.25) is 0 Å². The summed E-state index contributed by atoms with van der Waals surface area (Å²) in [7, 11) is 1.72. The van der Waals surface area contributed by atoms with Crippen molar-refractivity contribution in [1.82, 2.24) is 9.47 Å². The number of carbonyl (C=O) groups is 1. The number of rotatable bonds is 5. The van der Waals surface area contributed by atoms with Crippen LogP contribution >= 0.6 is 0 Å². The summed E-state index contributed by atoms with van der Waals surface area (Å²) in [6.07, 6.45) is 2.46. The van der Waals surface area contributed by atoms with Crippen molar-refractivity contribution < 1.29 is 9.53 Å². The first kappa shape index (κ1) is 20.7. The second kappa shape index (κ2) is 8.12. The maximum atomic E-state index is 12.5. The third-order valence-electron chi connectivity index (χ3n) is 5.53. The number of nitriles is 1. The van der Waals surface area contributed by atoms with E-state index in [1.807, 2.05) is 51.1 Å². The summed E-state index contributed by atoms with van der Waals surface area (Å²) >= 11 is 0. The molecule has 3 rings (SSSR count). The Labute approximate surface area is 171 Å². The van der Waals surface area contributed by atoms with Crippen molar-refractivity contribution in [2.24, 2.45) is 12.5 Å². The third kappa shape index (κ3) is 4.68. The van der Waals surface area contributed by atoms with Gasteiger partial charge in [-0.2, -0.15) is 5.26 Å². The zero-order chi connectivity index (χ0) is 21.2. The van der Waals surface area contributed by atoms with Gasteiger partial charge in [0.25, 0.3) is 5.56 Å². The SMILES string of the molecule is CC(c1ccc(-c2ccn(C)c(=O)c2)cc1)N1CCC(CC(C)(C)C#N)OC1=O. The summed E-state index contributed by atoms with van der Waals surface area (Å²) in [5.74, 6) is 0. The molecule has 1 aliphatic rings. The maximum absolute atomic E-state index is 12.5. The lowest BCUT2D eigenvalue weighted by atomic mass is 9.87. The summed E-state index contributed by atoms with van der Waals surface area (Å²) in [4.78, 5) is 26.1. The van der Waals surface area contributed by atoms with Crippen LogP contribution in [-0.4, -0.2) is 28.2 Å². The number of aromatic nitrogens is 1. The predicted molar refractivity (Wildman–Crippen MR) is 111 cm³/mol. The van der Waals surface area contributed by atoms with Gasteiger partial charge in [0.2, 0.25) is 0 Å². The lowest BCUT2D eigenvalue weighted by Crippen LogP contribution is -2.44. The number of amides is 1. The van der Waals surface area contributed by atoms with Crippen LogP contribution in [0.15, 0.2) is 47.4 Å². The Morgan fingerprint density at radius 2 is 1.90 bits per heavy atom. The number of hydrogen-bond donors (Lipinski definition) is 0. The molecule has 6 heteroatoms. The van der Waals surface area contributed by atoms with Crippen molar-refractivity contribution in [3.8, 4) is 17.2 Å². The molecule has 1 saturated heterocycles. The molecule has 29 heavy (non-hydrogen) atoms. The first-order valence-electron chi connectivity index (χ1n) is 9.86. The van der Waals surface area contributed by atoms with Crippen molar-refractivity contribution in [2.75, 3.05) is 6.54 Å². The molecule has 2 atom stereocenters. The fraction of sp³-hybridized carbons (Fsp3) is 0.435. The van der Waals surface area contributed by atoms with Crippen LogP contribution in [0.5, 0.6) is 0 Å². The average molecular weight is 393 g/mol. The van der Waals surface area contributed by atoms with E-state index in [1.165, 1.54) is 4.57 Å². The summed E-state index contributed by atoms with van der Waals surface area (Å²) in [6, 6.07) is 13.6. The van der Waals surface area contributed by atoms with Gasteiger partial charge in [0.15, 0.2) is 0 Å². The summed E-state index contributed by atoms with van der Waals surface area (Å²) in [5, 5.41) is 9.19. The second-order valence-corrected chi connectivity index (χ2v) is 8.35. The molecule has 0 bridgehead atoms. The van der Waals surface area contributed by atoms with E-state index in [0.717, 1.165) is 16.7 Å². The number of carbonyl (C=O) groups excluding carboxylic acids is 1. The Balaban J connectivity index is 1.68. The lowest BCUT2D eigenvalue weighted by molar-refractivity contribution is 0.000798. The molecule has 1 aliphatic heterocycles. The van der Waals surface area contributed by atoms with E-state index in [0.29, 0.717) is 19.4 Å². The normalized spacial score (nSPS) is 18.1. The summed E-state index contributed by atoms with van der Waals surface area (Å²) in [6.45, 7) is 6.30. The monoisotopic (exact) mass is 393 g/mol. The van der Waals surface area contributed by atoms with Crippen LogP contribution in [0.4, 0.5) is 4.79 Å². The highest BCUT2D eigenvalue weighted by Gasteiger charge is 2.34. The highest BCUT2D eigenvalue weighted by Crippen LogP contribution is 2.31. The zero-order valence-electron chi connectivity index (χ0n) is 17.4. The molecule has 0 radical (unpaired) electrons. The predicted octanol–water partition coefficient (Wildman–Crippen LogP) is 4.26. The maximum Gasteiger partial charge on any atom is 0.410 e. The standard InChI is InChI=1S/C23H27N3O3/c1-16(26-12-10-20(29-22(26)28)14-23(2,3)15-24)17-5-7-18(8-6-17)19-9-11-25(4)21(27)13-19/h5-9,11,13,16,20H,10,12,14H2,1-4H3. The van der Waals surface area contributed by atoms with Gasteiger partial charge in [-0.25, -0.2) is 4.79 Å². The van der Waals surface area contributed by atoms with Crippen LogP contribution in [0.25, 0.3) is 11.1 Å². The van der Waals surface area contributed by atoms with Crippen molar-refractivity contribution in [1.29, 1.82) is 5.26 Å². The number of benzene rings is 1. The fourth-order valence-electron chi connectivity index (χ4n) is 3.62. The van der Waals surface area contributed by atoms with Gasteiger partial charge < -0.3 is 14.2 Å². The van der Waals surface area contributed by atoms with Crippen LogP contribution in [0.3, 0.4) is 0 Å². The van der Waals surface area contributed by atoms with Gasteiger partial charge in [-0.15, -0.1) is 0 Å². The first-order chi connectivity index (χ1) is 13.7. The molecule has 2 aromatic rings. The summed E-state index contributed by atoms with van der Waals surface area (Å²) < 4.78 is 7.13. The van der Waals surface area contributed by atoms with Crippen molar-refractivity contribution in [3.05, 3.63) is 58.5 Å². The minimum Gasteiger partial charge on any atom is -0.446 e. The van der Waals surface area contributed by atoms with Crippen LogP contribution < -0.4 is 5.56 Å². The molecule has 152 valence electrons. The van der Waals surface area contributed by atoms with Crippen molar-refractivity contribution in [3.63, 3.8) is 0 Å². The molecule has 0 N–H and O–H groups in total. The number of hydrogen-bond acceptors (Lipinski definition) is 4. The van der Waals surface area contributed by atoms with Gasteiger partial charge in [-0.05, 0) is 43.5 Å². The van der Waals surface area contributed by atoms with Crippen molar-refractivity contribution >= 4 is 6.09 Å². The Hall–Kier alpha value is -3.07. The van der Waals surface area contributed by atoms with Gasteiger partial charge >= 0.3 is 6.09 Å². The minimum atomic E-state index is -0.507. The van der Waals surface area contributed by atoms with Crippen LogP contribution in [0.1, 0.15) is 45.2 Å². The van der Waals surface area contributed by atoms with Crippen LogP contribution in [-0.2, 0) is 11.8 Å². The largest absolute Gasteiger partial charge is 0.446 e. The van der Waals surface area contributed by atoms with E-state index in [4.69, 9.17) is 4.74 Å². The number of cyclic esters (lactones) is 1. The number of ether oxygens (including phenoxy) is 1. The van der Waals surface area contributed by atoms with E-state index in [1.54, 1.807) is 24.2 Å².